The molecule has 6 heteroatoms. The minimum atomic E-state index is -0.389. The predicted molar refractivity (Wildman–Crippen MR) is 84.6 cm³/mol. The van der Waals surface area contributed by atoms with Gasteiger partial charge in [-0.15, -0.1) is 0 Å². The van der Waals surface area contributed by atoms with Crippen LogP contribution < -0.4 is 10.1 Å². The van der Waals surface area contributed by atoms with Crippen LogP contribution in [0, 0.1) is 0 Å². The number of para-hydroxylation sites is 3. The first-order valence-electron chi connectivity index (χ1n) is 5.56. The third-order valence-corrected chi connectivity index (χ3v) is 2.99. The topological polar surface area (TPSA) is 38.3 Å². The number of ether oxygens (including phenoxy) is 1. The molecule has 0 spiro atoms. The second-order valence-electron chi connectivity index (χ2n) is 3.81. The zero-order valence-corrected chi connectivity index (χ0v) is 11.6. The summed E-state index contributed by atoms with van der Waals surface area (Å²) in [6.07, 6.45) is 0. The summed E-state index contributed by atoms with van der Waals surface area (Å²) < 4.78 is 5.11. The van der Waals surface area contributed by atoms with E-state index >= 15 is 0 Å². The molecule has 2 rings (SSSR count). The Labute approximate surface area is 149 Å². The molecule has 3 nitrogen and oxygen atoms in total. The van der Waals surface area contributed by atoms with Gasteiger partial charge >= 0.3 is 35.5 Å². The van der Waals surface area contributed by atoms with Crippen LogP contribution in [0.5, 0.6) is 5.75 Å². The Bertz CT molecular complexity index is 600. The van der Waals surface area contributed by atoms with Crippen molar-refractivity contribution in [2.45, 2.75) is 6.92 Å². The van der Waals surface area contributed by atoms with Gasteiger partial charge in [0.05, 0.1) is 21.4 Å². The van der Waals surface area contributed by atoms with Crippen LogP contribution in [0.1, 0.15) is 6.92 Å². The number of esters is 1. The molecule has 0 saturated carbocycles. The minimum absolute atomic E-state index is 0. The van der Waals surface area contributed by atoms with Gasteiger partial charge in [0.15, 0.2) is 5.75 Å². The first kappa shape index (κ1) is 17.3. The molecule has 2 aromatic rings. The quantitative estimate of drug-likeness (QED) is 0.527. The number of carbonyl (C=O) groups excluding carboxylic acids is 1. The van der Waals surface area contributed by atoms with Crippen molar-refractivity contribution in [3.63, 3.8) is 0 Å². The Balaban J connectivity index is 0.00000200. The van der Waals surface area contributed by atoms with Gasteiger partial charge in [0, 0.05) is 6.92 Å². The summed E-state index contributed by atoms with van der Waals surface area (Å²) in [4.78, 5) is 11.0. The molecule has 0 aliphatic carbocycles. The number of anilines is 2. The SMILES string of the molecule is CC(=O)Oc1ccccc1Nc1c(Cl)cccc1Cl.[NaH]. The number of benzene rings is 2. The molecule has 0 amide bonds. The van der Waals surface area contributed by atoms with E-state index in [0.717, 1.165) is 0 Å². The van der Waals surface area contributed by atoms with Crippen LogP contribution in [-0.2, 0) is 4.79 Å². The van der Waals surface area contributed by atoms with Crippen LogP contribution >= 0.6 is 23.2 Å². The fourth-order valence-corrected chi connectivity index (χ4v) is 2.06. The van der Waals surface area contributed by atoms with Gasteiger partial charge in [0.25, 0.3) is 0 Å². The Morgan fingerprint density at radius 2 is 1.65 bits per heavy atom. The second kappa shape index (κ2) is 7.91. The molecule has 0 aliphatic heterocycles. The van der Waals surface area contributed by atoms with E-state index in [9.17, 15) is 4.79 Å². The van der Waals surface area contributed by atoms with Gasteiger partial charge < -0.3 is 10.1 Å². The van der Waals surface area contributed by atoms with Crippen molar-refractivity contribution >= 4 is 70.1 Å². The van der Waals surface area contributed by atoms with Crippen molar-refractivity contribution in [3.05, 3.63) is 52.5 Å². The van der Waals surface area contributed by atoms with Gasteiger partial charge in [0.1, 0.15) is 0 Å². The molecule has 0 heterocycles. The summed E-state index contributed by atoms with van der Waals surface area (Å²) in [7, 11) is 0. The van der Waals surface area contributed by atoms with Gasteiger partial charge in [-0.1, -0.05) is 41.4 Å². The molecule has 0 bridgehead atoms. The first-order chi connectivity index (χ1) is 9.08. The summed E-state index contributed by atoms with van der Waals surface area (Å²) >= 11 is 12.2. The number of carbonyl (C=O) groups is 1. The summed E-state index contributed by atoms with van der Waals surface area (Å²) in [6.45, 7) is 1.35. The van der Waals surface area contributed by atoms with Gasteiger partial charge in [-0.25, -0.2) is 0 Å². The Kier molecular flexibility index (Phi) is 6.86. The molecule has 0 aromatic heterocycles. The van der Waals surface area contributed by atoms with E-state index in [1.807, 2.05) is 6.07 Å². The van der Waals surface area contributed by atoms with Gasteiger partial charge in [-0.3, -0.25) is 4.79 Å². The molecule has 0 aliphatic rings. The van der Waals surface area contributed by atoms with E-state index < -0.39 is 0 Å². The standard InChI is InChI=1S/C14H11Cl2NO2.Na.H/c1-9(18)19-13-8-3-2-7-12(13)17-14-10(15)5-4-6-11(14)16;;/h2-8,17H,1H3;;. The van der Waals surface area contributed by atoms with E-state index in [-0.39, 0.29) is 35.5 Å². The maximum absolute atomic E-state index is 11.0. The van der Waals surface area contributed by atoms with E-state index in [2.05, 4.69) is 5.32 Å². The molecule has 0 fully saturated rings. The molecule has 100 valence electrons. The summed E-state index contributed by atoms with van der Waals surface area (Å²) in [5.74, 6) is 0.0329. The van der Waals surface area contributed by atoms with Crippen LogP contribution in [0.4, 0.5) is 11.4 Å². The van der Waals surface area contributed by atoms with Crippen molar-refractivity contribution in [2.24, 2.45) is 0 Å². The van der Waals surface area contributed by atoms with Crippen LogP contribution in [-0.4, -0.2) is 35.5 Å². The van der Waals surface area contributed by atoms with Gasteiger partial charge in [-0.05, 0) is 24.3 Å². The Morgan fingerprint density at radius 3 is 2.25 bits per heavy atom. The van der Waals surface area contributed by atoms with Crippen LogP contribution in [0.2, 0.25) is 10.0 Å². The Hall–Kier alpha value is -0.710. The maximum atomic E-state index is 11.0. The third-order valence-electron chi connectivity index (χ3n) is 2.36. The van der Waals surface area contributed by atoms with Crippen molar-refractivity contribution in [1.29, 1.82) is 0 Å². The molecule has 2 aromatic carbocycles. The summed E-state index contributed by atoms with van der Waals surface area (Å²) in [6, 6.07) is 12.3. The molecule has 1 N–H and O–H groups in total. The van der Waals surface area contributed by atoms with Crippen molar-refractivity contribution in [1.82, 2.24) is 0 Å². The first-order valence-corrected chi connectivity index (χ1v) is 6.32. The number of nitrogens with one attached hydrogen (secondary N) is 1. The number of hydrogen-bond donors (Lipinski definition) is 1. The summed E-state index contributed by atoms with van der Waals surface area (Å²) in [5, 5.41) is 4.06. The number of hydrogen-bond acceptors (Lipinski definition) is 3. The normalized spacial score (nSPS) is 9.55. The van der Waals surface area contributed by atoms with E-state index in [1.54, 1.807) is 36.4 Å². The van der Waals surface area contributed by atoms with Crippen molar-refractivity contribution < 1.29 is 9.53 Å². The number of rotatable bonds is 3. The molecule has 20 heavy (non-hydrogen) atoms. The second-order valence-corrected chi connectivity index (χ2v) is 4.63. The zero-order valence-electron chi connectivity index (χ0n) is 10.1. The molecule has 0 saturated heterocycles. The van der Waals surface area contributed by atoms with E-state index in [4.69, 9.17) is 27.9 Å². The van der Waals surface area contributed by atoms with Crippen LogP contribution in [0.25, 0.3) is 0 Å². The zero-order chi connectivity index (χ0) is 13.8. The van der Waals surface area contributed by atoms with Crippen LogP contribution in [0.3, 0.4) is 0 Å². The van der Waals surface area contributed by atoms with E-state index in [0.29, 0.717) is 27.2 Å². The van der Waals surface area contributed by atoms with Crippen molar-refractivity contribution in [2.75, 3.05) is 5.32 Å². The van der Waals surface area contributed by atoms with E-state index in [1.165, 1.54) is 6.92 Å². The summed E-state index contributed by atoms with van der Waals surface area (Å²) in [5.41, 5.74) is 1.19. The molecule has 0 atom stereocenters. The third kappa shape index (κ3) is 4.40. The van der Waals surface area contributed by atoms with Crippen LogP contribution in [0.15, 0.2) is 42.5 Å². The molecule has 0 radical (unpaired) electrons. The average molecular weight is 320 g/mol. The predicted octanol–water partition coefficient (Wildman–Crippen LogP) is 4.01. The Morgan fingerprint density at radius 1 is 1.05 bits per heavy atom. The average Bonchev–Trinajstić information content (AvgIpc) is 2.35. The fraction of sp³-hybridized carbons (Fsp3) is 0.0714. The van der Waals surface area contributed by atoms with Gasteiger partial charge in [-0.2, -0.15) is 0 Å². The fourth-order valence-electron chi connectivity index (χ4n) is 1.57. The van der Waals surface area contributed by atoms with Gasteiger partial charge in [0.2, 0.25) is 0 Å². The number of halogens is 2. The van der Waals surface area contributed by atoms with Crippen molar-refractivity contribution in [3.8, 4) is 5.75 Å². The molecular formula is C14H12Cl2NNaO2. The molecular weight excluding hydrogens is 308 g/mol. The molecule has 0 unspecified atom stereocenters. The monoisotopic (exact) mass is 319 g/mol.